The second-order valence-electron chi connectivity index (χ2n) is 4.84. The number of nitrogens with zero attached hydrogens (tertiary/aromatic N) is 1. The van der Waals surface area contributed by atoms with Gasteiger partial charge >= 0.3 is 0 Å². The number of aryl methyl sites for hydroxylation is 1. The maximum atomic E-state index is 12.1. The number of hydrogen-bond donors (Lipinski definition) is 1. The molecule has 0 spiro atoms. The molecule has 1 unspecified atom stereocenters. The summed E-state index contributed by atoms with van der Waals surface area (Å²) < 4.78 is 5.65. The lowest BCUT2D eigenvalue weighted by Crippen LogP contribution is -2.22. The first-order valence-corrected chi connectivity index (χ1v) is 6.73. The van der Waals surface area contributed by atoms with Crippen LogP contribution in [0, 0.1) is 6.92 Å². The molecule has 0 aliphatic rings. The molecule has 0 aliphatic carbocycles. The van der Waals surface area contributed by atoms with Crippen LogP contribution in [0.15, 0.2) is 4.79 Å². The van der Waals surface area contributed by atoms with Crippen molar-refractivity contribution in [2.24, 2.45) is 0 Å². The summed E-state index contributed by atoms with van der Waals surface area (Å²) in [6, 6.07) is 0. The lowest BCUT2D eigenvalue weighted by Gasteiger charge is -2.17. The van der Waals surface area contributed by atoms with Gasteiger partial charge < -0.3 is 9.72 Å². The quantitative estimate of drug-likeness (QED) is 0.846. The molecule has 1 atom stereocenters. The first-order valence-electron chi connectivity index (χ1n) is 6.73. The van der Waals surface area contributed by atoms with E-state index >= 15 is 0 Å². The molecule has 0 saturated carbocycles. The number of nitrogens with one attached hydrogen (secondary N) is 1. The fourth-order valence-corrected chi connectivity index (χ4v) is 2.21. The van der Waals surface area contributed by atoms with E-state index in [0.717, 1.165) is 24.1 Å². The van der Waals surface area contributed by atoms with Gasteiger partial charge in [0.25, 0.3) is 5.56 Å². The highest BCUT2D eigenvalue weighted by Crippen LogP contribution is 2.20. The third-order valence-corrected chi connectivity index (χ3v) is 2.97. The van der Waals surface area contributed by atoms with Gasteiger partial charge in [-0.2, -0.15) is 0 Å². The van der Waals surface area contributed by atoms with Gasteiger partial charge in [-0.25, -0.2) is 4.98 Å². The normalized spacial score (nSPS) is 13.0. The van der Waals surface area contributed by atoms with Gasteiger partial charge in [-0.15, -0.1) is 0 Å². The van der Waals surface area contributed by atoms with Crippen LogP contribution in [0.5, 0.6) is 0 Å². The predicted molar refractivity (Wildman–Crippen MR) is 73.0 cm³/mol. The molecule has 0 bridgehead atoms. The topological polar surface area (TPSA) is 55.0 Å². The number of H-pyrrole nitrogens is 1. The first-order chi connectivity index (χ1) is 8.51. The summed E-state index contributed by atoms with van der Waals surface area (Å²) in [6.07, 6.45) is 1.77. The Balaban J connectivity index is 3.14. The van der Waals surface area contributed by atoms with Gasteiger partial charge in [-0.05, 0) is 26.2 Å². The molecular weight excluding hydrogens is 228 g/mol. The molecule has 1 aromatic rings. The molecule has 0 amide bonds. The molecule has 0 saturated heterocycles. The summed E-state index contributed by atoms with van der Waals surface area (Å²) in [5.41, 5.74) is 1.54. The van der Waals surface area contributed by atoms with Gasteiger partial charge in [-0.1, -0.05) is 27.2 Å². The molecule has 18 heavy (non-hydrogen) atoms. The molecule has 1 rings (SSSR count). The summed E-state index contributed by atoms with van der Waals surface area (Å²) in [4.78, 5) is 19.5. The van der Waals surface area contributed by atoms with Crippen LogP contribution in [0.2, 0.25) is 0 Å². The molecule has 0 aliphatic heterocycles. The van der Waals surface area contributed by atoms with E-state index in [1.54, 1.807) is 0 Å². The minimum atomic E-state index is -0.104. The maximum Gasteiger partial charge on any atom is 0.254 e. The van der Waals surface area contributed by atoms with Crippen molar-refractivity contribution in [1.29, 1.82) is 0 Å². The Labute approximate surface area is 109 Å². The Bertz CT molecular complexity index is 432. The lowest BCUT2D eigenvalue weighted by molar-refractivity contribution is 0.0490. The zero-order valence-corrected chi connectivity index (χ0v) is 12.0. The van der Waals surface area contributed by atoms with Crippen molar-refractivity contribution in [3.05, 3.63) is 27.4 Å². The highest BCUT2D eigenvalue weighted by molar-refractivity contribution is 5.20. The van der Waals surface area contributed by atoms with E-state index in [2.05, 4.69) is 16.9 Å². The third kappa shape index (κ3) is 3.42. The highest BCUT2D eigenvalue weighted by atomic mass is 16.5. The molecule has 0 aromatic carbocycles. The van der Waals surface area contributed by atoms with Gasteiger partial charge in [0.05, 0.1) is 0 Å². The van der Waals surface area contributed by atoms with E-state index < -0.39 is 0 Å². The summed E-state index contributed by atoms with van der Waals surface area (Å²) in [5.74, 6) is 0.845. The second kappa shape index (κ2) is 6.69. The fourth-order valence-electron chi connectivity index (χ4n) is 2.21. The van der Waals surface area contributed by atoms with Crippen molar-refractivity contribution < 1.29 is 4.74 Å². The number of aromatic nitrogens is 2. The number of aromatic amines is 1. The minimum Gasteiger partial charge on any atom is -0.371 e. The molecule has 0 radical (unpaired) electrons. The molecule has 4 heteroatoms. The third-order valence-electron chi connectivity index (χ3n) is 2.97. The lowest BCUT2D eigenvalue weighted by atomic mass is 10.0. The molecule has 102 valence electrons. The Hall–Kier alpha value is -1.16. The summed E-state index contributed by atoms with van der Waals surface area (Å²) in [5, 5.41) is 0. The Morgan fingerprint density at radius 3 is 2.44 bits per heavy atom. The van der Waals surface area contributed by atoms with Crippen LogP contribution in [0.4, 0.5) is 0 Å². The van der Waals surface area contributed by atoms with E-state index in [0.29, 0.717) is 12.4 Å². The van der Waals surface area contributed by atoms with Crippen LogP contribution in [-0.2, 0) is 4.74 Å². The van der Waals surface area contributed by atoms with E-state index in [4.69, 9.17) is 4.74 Å². The number of ether oxygens (including phenoxy) is 1. The summed E-state index contributed by atoms with van der Waals surface area (Å²) in [7, 11) is 0. The van der Waals surface area contributed by atoms with E-state index in [1.165, 1.54) is 0 Å². The average molecular weight is 252 g/mol. The van der Waals surface area contributed by atoms with Gasteiger partial charge in [0.1, 0.15) is 11.9 Å². The van der Waals surface area contributed by atoms with Crippen LogP contribution < -0.4 is 5.56 Å². The van der Waals surface area contributed by atoms with Crippen LogP contribution >= 0.6 is 0 Å². The first kappa shape index (κ1) is 14.9. The largest absolute Gasteiger partial charge is 0.371 e. The Morgan fingerprint density at radius 2 is 2.00 bits per heavy atom. The van der Waals surface area contributed by atoms with E-state index in [9.17, 15) is 4.79 Å². The van der Waals surface area contributed by atoms with Gasteiger partial charge in [0, 0.05) is 17.9 Å². The SMILES string of the molecule is CCCC(OCC)c1nc(C)c(C(C)C)c(=O)[nH]1. The summed E-state index contributed by atoms with van der Waals surface area (Å²) >= 11 is 0. The van der Waals surface area contributed by atoms with Crippen molar-refractivity contribution in [3.8, 4) is 0 Å². The highest BCUT2D eigenvalue weighted by Gasteiger charge is 2.17. The fraction of sp³-hybridized carbons (Fsp3) is 0.714. The maximum absolute atomic E-state index is 12.1. The molecule has 1 N–H and O–H groups in total. The van der Waals surface area contributed by atoms with Crippen molar-refractivity contribution >= 4 is 0 Å². The second-order valence-corrected chi connectivity index (χ2v) is 4.84. The molecule has 0 fully saturated rings. The zero-order valence-electron chi connectivity index (χ0n) is 12.0. The van der Waals surface area contributed by atoms with Crippen molar-refractivity contribution in [3.63, 3.8) is 0 Å². The van der Waals surface area contributed by atoms with E-state index in [1.807, 2.05) is 27.7 Å². The summed E-state index contributed by atoms with van der Waals surface area (Å²) in [6.45, 7) is 10.6. The van der Waals surface area contributed by atoms with Crippen LogP contribution in [-0.4, -0.2) is 16.6 Å². The molecular formula is C14H24N2O2. The van der Waals surface area contributed by atoms with Crippen LogP contribution in [0.3, 0.4) is 0 Å². The van der Waals surface area contributed by atoms with Crippen LogP contribution in [0.25, 0.3) is 0 Å². The van der Waals surface area contributed by atoms with Crippen LogP contribution in [0.1, 0.15) is 69.6 Å². The van der Waals surface area contributed by atoms with Gasteiger partial charge in [-0.3, -0.25) is 4.79 Å². The molecule has 1 heterocycles. The minimum absolute atomic E-state index is 0.0340. The average Bonchev–Trinajstić information content (AvgIpc) is 2.27. The molecule has 4 nitrogen and oxygen atoms in total. The molecule has 1 aromatic heterocycles. The smallest absolute Gasteiger partial charge is 0.254 e. The monoisotopic (exact) mass is 252 g/mol. The number of rotatable bonds is 6. The standard InChI is InChI=1S/C14H24N2O2/c1-6-8-11(18-7-2)13-15-10(5)12(9(3)4)14(17)16-13/h9,11H,6-8H2,1-5H3,(H,15,16,17). The van der Waals surface area contributed by atoms with E-state index in [-0.39, 0.29) is 17.6 Å². The van der Waals surface area contributed by atoms with Crippen molar-refractivity contribution in [1.82, 2.24) is 9.97 Å². The predicted octanol–water partition coefficient (Wildman–Crippen LogP) is 3.08. The van der Waals surface area contributed by atoms with Gasteiger partial charge in [0.15, 0.2) is 0 Å². The van der Waals surface area contributed by atoms with Gasteiger partial charge in [0.2, 0.25) is 0 Å². The van der Waals surface area contributed by atoms with Crippen molar-refractivity contribution in [2.45, 2.75) is 59.5 Å². The Kier molecular flexibility index (Phi) is 5.54. The zero-order chi connectivity index (χ0) is 13.7. The Morgan fingerprint density at radius 1 is 1.33 bits per heavy atom. The van der Waals surface area contributed by atoms with Crippen molar-refractivity contribution in [2.75, 3.05) is 6.61 Å². The number of hydrogen-bond acceptors (Lipinski definition) is 3.